The first kappa shape index (κ1) is 25.3. The Morgan fingerprint density at radius 1 is 0.370 bits per heavy atom. The Morgan fingerprint density at radius 3 is 1.52 bits per heavy atom. The highest BCUT2D eigenvalue weighted by atomic mass is 16.3. The number of rotatable bonds is 3. The van der Waals surface area contributed by atoms with Gasteiger partial charge in [-0.05, 0) is 84.8 Å². The summed E-state index contributed by atoms with van der Waals surface area (Å²) in [6.07, 6.45) is 0. The predicted octanol–water partition coefficient (Wildman–Crippen LogP) is 11.8. The van der Waals surface area contributed by atoms with Crippen LogP contribution in [0.5, 0.6) is 0 Å². The summed E-state index contributed by atoms with van der Waals surface area (Å²) >= 11 is 0. The smallest absolute Gasteiger partial charge is 0.137 e. The van der Waals surface area contributed by atoms with E-state index in [4.69, 9.17) is 4.42 Å². The van der Waals surface area contributed by atoms with E-state index in [-0.39, 0.29) is 0 Å². The molecule has 3 nitrogen and oxygen atoms in total. The molecular formula is C43H28N2O. The van der Waals surface area contributed by atoms with Crippen LogP contribution < -0.4 is 0 Å². The van der Waals surface area contributed by atoms with E-state index in [1.165, 1.54) is 66.0 Å². The second-order valence-corrected chi connectivity index (χ2v) is 12.3. The van der Waals surface area contributed by atoms with Gasteiger partial charge in [-0.3, -0.25) is 0 Å². The molecule has 0 fully saturated rings. The quantitative estimate of drug-likeness (QED) is 0.201. The van der Waals surface area contributed by atoms with Crippen molar-refractivity contribution < 1.29 is 4.42 Å². The van der Waals surface area contributed by atoms with Gasteiger partial charge in [-0.2, -0.15) is 0 Å². The summed E-state index contributed by atoms with van der Waals surface area (Å²) in [6.45, 7) is 2.13. The SMILES string of the molecule is Cc1ccc(-n2c3ccccc3c3cc(-c4ccc5c(c4)c4ccccc4n5-c4ccc5c(c4)oc4ccccc45)ccc32)cc1. The Bertz CT molecular complexity index is 2810. The van der Waals surface area contributed by atoms with Gasteiger partial charge in [0.15, 0.2) is 0 Å². The van der Waals surface area contributed by atoms with Crippen molar-refractivity contribution in [1.29, 1.82) is 0 Å². The normalized spacial score (nSPS) is 12.0. The summed E-state index contributed by atoms with van der Waals surface area (Å²) in [6, 6.07) is 54.8. The molecule has 0 aliphatic heterocycles. The van der Waals surface area contributed by atoms with Crippen molar-refractivity contribution in [2.75, 3.05) is 0 Å². The van der Waals surface area contributed by atoms with Gasteiger partial charge in [0.1, 0.15) is 11.2 Å². The minimum absolute atomic E-state index is 0.902. The van der Waals surface area contributed by atoms with Crippen LogP contribution in [0.25, 0.3) is 88.1 Å². The van der Waals surface area contributed by atoms with Crippen LogP contribution in [0.4, 0.5) is 0 Å². The van der Waals surface area contributed by atoms with Crippen molar-refractivity contribution in [2.45, 2.75) is 6.92 Å². The molecule has 10 aromatic rings. The second-order valence-electron chi connectivity index (χ2n) is 12.3. The van der Waals surface area contributed by atoms with Gasteiger partial charge in [0.25, 0.3) is 0 Å². The molecule has 0 atom stereocenters. The van der Waals surface area contributed by atoms with Crippen molar-refractivity contribution in [3.8, 4) is 22.5 Å². The highest BCUT2D eigenvalue weighted by Gasteiger charge is 2.17. The van der Waals surface area contributed by atoms with E-state index in [1.54, 1.807) is 0 Å². The van der Waals surface area contributed by atoms with Gasteiger partial charge in [0.2, 0.25) is 0 Å². The highest BCUT2D eigenvalue weighted by Crippen LogP contribution is 2.39. The van der Waals surface area contributed by atoms with E-state index in [0.717, 1.165) is 27.6 Å². The first-order chi connectivity index (χ1) is 22.7. The third-order valence-electron chi connectivity index (χ3n) is 9.59. The fourth-order valence-corrected chi connectivity index (χ4v) is 7.41. The zero-order chi connectivity index (χ0) is 30.4. The van der Waals surface area contributed by atoms with Crippen molar-refractivity contribution >= 4 is 65.6 Å². The summed E-state index contributed by atoms with van der Waals surface area (Å²) in [4.78, 5) is 0. The summed E-state index contributed by atoms with van der Waals surface area (Å²) in [7, 11) is 0. The second kappa shape index (κ2) is 9.47. The van der Waals surface area contributed by atoms with Gasteiger partial charge < -0.3 is 13.6 Å². The lowest BCUT2D eigenvalue weighted by molar-refractivity contribution is 0.668. The minimum atomic E-state index is 0.902. The number of nitrogens with zero attached hydrogens (tertiary/aromatic N) is 2. The van der Waals surface area contributed by atoms with Crippen LogP contribution in [0, 0.1) is 6.92 Å². The maximum atomic E-state index is 6.28. The summed E-state index contributed by atoms with van der Waals surface area (Å²) in [5.41, 5.74) is 12.6. The molecule has 0 bridgehead atoms. The maximum Gasteiger partial charge on any atom is 0.137 e. The Hall–Kier alpha value is -6.06. The molecule has 3 aromatic heterocycles. The number of fused-ring (bicyclic) bond motifs is 9. The zero-order valence-electron chi connectivity index (χ0n) is 25.2. The van der Waals surface area contributed by atoms with E-state index < -0.39 is 0 Å². The van der Waals surface area contributed by atoms with Crippen LogP contribution >= 0.6 is 0 Å². The fourth-order valence-electron chi connectivity index (χ4n) is 7.41. The molecular weight excluding hydrogens is 560 g/mol. The van der Waals surface area contributed by atoms with Crippen LogP contribution in [0.3, 0.4) is 0 Å². The molecule has 216 valence electrons. The van der Waals surface area contributed by atoms with Crippen molar-refractivity contribution in [2.24, 2.45) is 0 Å². The number of aryl methyl sites for hydroxylation is 1. The molecule has 0 saturated carbocycles. The molecule has 0 aliphatic carbocycles. The van der Waals surface area contributed by atoms with Crippen LogP contribution in [-0.2, 0) is 0 Å². The number of benzene rings is 7. The van der Waals surface area contributed by atoms with Crippen LogP contribution in [0.15, 0.2) is 156 Å². The van der Waals surface area contributed by atoms with Crippen LogP contribution in [0.1, 0.15) is 5.56 Å². The molecule has 0 radical (unpaired) electrons. The maximum absolute atomic E-state index is 6.28. The molecule has 0 amide bonds. The molecule has 0 spiro atoms. The van der Waals surface area contributed by atoms with Crippen LogP contribution in [0.2, 0.25) is 0 Å². The molecule has 0 saturated heterocycles. The van der Waals surface area contributed by atoms with Gasteiger partial charge in [-0.1, -0.05) is 84.4 Å². The largest absolute Gasteiger partial charge is 0.456 e. The van der Waals surface area contributed by atoms with Crippen molar-refractivity contribution in [3.63, 3.8) is 0 Å². The minimum Gasteiger partial charge on any atom is -0.456 e. The molecule has 0 unspecified atom stereocenters. The standard InChI is InChI=1S/C43H28N2O/c1-27-14-18-30(19-15-27)44-38-11-5-2-8-32(38)36-24-28(16-22-40(36)44)29-17-23-41-37(25-29)33-9-3-6-12-39(33)45(41)31-20-21-35-34-10-4-7-13-42(34)46-43(35)26-31/h2-26H,1H3. The third-order valence-corrected chi connectivity index (χ3v) is 9.59. The van der Waals surface area contributed by atoms with E-state index in [2.05, 4.69) is 156 Å². The molecule has 46 heavy (non-hydrogen) atoms. The molecule has 0 aliphatic rings. The topological polar surface area (TPSA) is 23.0 Å². The lowest BCUT2D eigenvalue weighted by atomic mass is 10.0. The number of hydrogen-bond donors (Lipinski definition) is 0. The van der Waals surface area contributed by atoms with E-state index >= 15 is 0 Å². The monoisotopic (exact) mass is 588 g/mol. The average Bonchev–Trinajstić information content (AvgIpc) is 3.75. The first-order valence-corrected chi connectivity index (χ1v) is 15.8. The highest BCUT2D eigenvalue weighted by molar-refractivity contribution is 6.13. The van der Waals surface area contributed by atoms with Crippen LogP contribution in [-0.4, -0.2) is 9.13 Å². The third kappa shape index (κ3) is 3.60. The number of para-hydroxylation sites is 3. The number of aromatic nitrogens is 2. The molecule has 7 aromatic carbocycles. The molecule has 0 N–H and O–H groups in total. The van der Waals surface area contributed by atoms with Crippen molar-refractivity contribution in [3.05, 3.63) is 157 Å². The lowest BCUT2D eigenvalue weighted by Crippen LogP contribution is -1.93. The Morgan fingerprint density at radius 2 is 0.870 bits per heavy atom. The zero-order valence-corrected chi connectivity index (χ0v) is 25.2. The lowest BCUT2D eigenvalue weighted by Gasteiger charge is -2.10. The van der Waals surface area contributed by atoms with Gasteiger partial charge >= 0.3 is 0 Å². The molecule has 3 heteroatoms. The Labute approximate surface area is 265 Å². The number of furan rings is 1. The Kier molecular flexibility index (Phi) is 5.20. The summed E-state index contributed by atoms with van der Waals surface area (Å²) < 4.78 is 11.0. The average molecular weight is 589 g/mol. The van der Waals surface area contributed by atoms with E-state index in [0.29, 0.717) is 0 Å². The summed E-state index contributed by atoms with van der Waals surface area (Å²) in [5.74, 6) is 0. The van der Waals surface area contributed by atoms with Gasteiger partial charge in [-0.15, -0.1) is 0 Å². The molecule has 10 rings (SSSR count). The van der Waals surface area contributed by atoms with Gasteiger partial charge in [0.05, 0.1) is 22.1 Å². The molecule has 3 heterocycles. The van der Waals surface area contributed by atoms with E-state index in [9.17, 15) is 0 Å². The predicted molar refractivity (Wildman–Crippen MR) is 193 cm³/mol. The van der Waals surface area contributed by atoms with Crippen molar-refractivity contribution in [1.82, 2.24) is 9.13 Å². The summed E-state index contributed by atoms with van der Waals surface area (Å²) in [5, 5.41) is 7.28. The van der Waals surface area contributed by atoms with Gasteiger partial charge in [-0.25, -0.2) is 0 Å². The number of hydrogen-bond acceptors (Lipinski definition) is 1. The first-order valence-electron chi connectivity index (χ1n) is 15.8. The Balaban J connectivity index is 1.16. The van der Waals surface area contributed by atoms with Gasteiger partial charge in [0, 0.05) is 49.8 Å². The van der Waals surface area contributed by atoms with E-state index in [1.807, 2.05) is 12.1 Å². The fraction of sp³-hybridized carbons (Fsp3) is 0.0233.